The topological polar surface area (TPSA) is 38.8 Å². The Labute approximate surface area is 124 Å². The number of hydrogen-bond acceptors (Lipinski definition) is 3. The van der Waals surface area contributed by atoms with Crippen LogP contribution in [0.5, 0.6) is 0 Å². The lowest BCUT2D eigenvalue weighted by atomic mass is 9.97. The smallest absolute Gasteiger partial charge is 0.245 e. The lowest BCUT2D eigenvalue weighted by Crippen LogP contribution is -2.25. The maximum atomic E-state index is 11.6. The molecule has 0 radical (unpaired) electrons. The van der Waals surface area contributed by atoms with Crippen LogP contribution in [0.25, 0.3) is 0 Å². The van der Waals surface area contributed by atoms with Gasteiger partial charge < -0.3 is 4.74 Å². The first-order valence-electron chi connectivity index (χ1n) is 7.74. The number of carbonyl (C=O) groups excluding carboxylic acids is 1. The number of ether oxygens (including phenoxy) is 1. The minimum absolute atomic E-state index is 0.0467. The molecule has 1 amide bonds. The van der Waals surface area contributed by atoms with Crippen LogP contribution in [-0.2, 0) is 14.4 Å². The van der Waals surface area contributed by atoms with E-state index in [4.69, 9.17) is 9.57 Å². The SMILES string of the molecule is CCC[C@H](CCCCC(=O)N(C)OC)COC(C)(C)C. The number of nitrogens with zero attached hydrogens (tertiary/aromatic N) is 1. The average Bonchev–Trinajstić information content (AvgIpc) is 2.38. The van der Waals surface area contributed by atoms with Crippen LogP contribution < -0.4 is 0 Å². The summed E-state index contributed by atoms with van der Waals surface area (Å²) in [5.41, 5.74) is -0.0663. The van der Waals surface area contributed by atoms with Crippen LogP contribution in [0, 0.1) is 5.92 Å². The van der Waals surface area contributed by atoms with Crippen molar-refractivity contribution in [3.8, 4) is 0 Å². The Kier molecular flexibility index (Phi) is 9.86. The van der Waals surface area contributed by atoms with Crippen molar-refractivity contribution < 1.29 is 14.4 Å². The van der Waals surface area contributed by atoms with E-state index in [9.17, 15) is 4.79 Å². The minimum Gasteiger partial charge on any atom is -0.376 e. The summed E-state index contributed by atoms with van der Waals surface area (Å²) in [4.78, 5) is 16.4. The fraction of sp³-hybridized carbons (Fsp3) is 0.938. The van der Waals surface area contributed by atoms with Gasteiger partial charge in [0.2, 0.25) is 5.91 Å². The Bertz CT molecular complexity index is 261. The third-order valence-corrected chi connectivity index (χ3v) is 3.33. The van der Waals surface area contributed by atoms with Crippen molar-refractivity contribution in [2.45, 2.75) is 71.8 Å². The summed E-state index contributed by atoms with van der Waals surface area (Å²) in [7, 11) is 3.17. The normalized spacial score (nSPS) is 13.3. The van der Waals surface area contributed by atoms with Crippen LogP contribution in [0.2, 0.25) is 0 Å². The molecule has 0 heterocycles. The van der Waals surface area contributed by atoms with E-state index in [0.29, 0.717) is 12.3 Å². The molecule has 120 valence electrons. The zero-order valence-electron chi connectivity index (χ0n) is 14.2. The Hall–Kier alpha value is -0.610. The molecular formula is C16H33NO3. The molecule has 0 N–H and O–H groups in total. The molecule has 0 saturated heterocycles. The molecule has 0 aromatic heterocycles. The van der Waals surface area contributed by atoms with Gasteiger partial charge in [-0.2, -0.15) is 0 Å². The van der Waals surface area contributed by atoms with E-state index in [1.807, 2.05) is 0 Å². The van der Waals surface area contributed by atoms with Crippen LogP contribution in [0.15, 0.2) is 0 Å². The summed E-state index contributed by atoms with van der Waals surface area (Å²) in [5, 5.41) is 1.30. The van der Waals surface area contributed by atoms with E-state index in [1.165, 1.54) is 25.0 Å². The van der Waals surface area contributed by atoms with Gasteiger partial charge in [-0.1, -0.05) is 19.8 Å². The van der Waals surface area contributed by atoms with Gasteiger partial charge in [0.1, 0.15) is 0 Å². The number of hydrogen-bond donors (Lipinski definition) is 0. The monoisotopic (exact) mass is 287 g/mol. The number of carbonyl (C=O) groups is 1. The van der Waals surface area contributed by atoms with Gasteiger partial charge in [0, 0.05) is 13.5 Å². The third kappa shape index (κ3) is 10.2. The molecule has 0 aromatic carbocycles. The lowest BCUT2D eigenvalue weighted by Gasteiger charge is -2.24. The average molecular weight is 287 g/mol. The predicted octanol–water partition coefficient (Wildman–Crippen LogP) is 3.80. The van der Waals surface area contributed by atoms with E-state index < -0.39 is 0 Å². The molecule has 4 nitrogen and oxygen atoms in total. The standard InChI is InChI=1S/C16H33NO3/c1-7-10-14(13-20-16(2,3)4)11-8-9-12-15(18)17(5)19-6/h14H,7-13H2,1-6H3/t14-/m1/s1. The summed E-state index contributed by atoms with van der Waals surface area (Å²) in [6, 6.07) is 0. The highest BCUT2D eigenvalue weighted by Gasteiger charge is 2.15. The van der Waals surface area contributed by atoms with Crippen LogP contribution in [0.1, 0.15) is 66.2 Å². The van der Waals surface area contributed by atoms with Crippen LogP contribution in [0.4, 0.5) is 0 Å². The summed E-state index contributed by atoms with van der Waals surface area (Å²) in [5.74, 6) is 0.653. The largest absolute Gasteiger partial charge is 0.376 e. The second kappa shape index (κ2) is 10.2. The van der Waals surface area contributed by atoms with Gasteiger partial charge in [-0.3, -0.25) is 9.63 Å². The van der Waals surface area contributed by atoms with Crippen molar-refractivity contribution in [3.05, 3.63) is 0 Å². The molecule has 0 aromatic rings. The van der Waals surface area contributed by atoms with Crippen LogP contribution >= 0.6 is 0 Å². The molecule has 0 spiro atoms. The number of hydroxylamine groups is 2. The van der Waals surface area contributed by atoms with Gasteiger partial charge >= 0.3 is 0 Å². The van der Waals surface area contributed by atoms with Crippen molar-refractivity contribution in [1.29, 1.82) is 0 Å². The van der Waals surface area contributed by atoms with E-state index in [-0.39, 0.29) is 11.5 Å². The Balaban J connectivity index is 3.89. The molecule has 0 aliphatic heterocycles. The van der Waals surface area contributed by atoms with Gasteiger partial charge in [0.15, 0.2) is 0 Å². The first kappa shape index (κ1) is 19.4. The van der Waals surface area contributed by atoms with Gasteiger partial charge in [-0.05, 0) is 46.0 Å². The highest BCUT2D eigenvalue weighted by atomic mass is 16.7. The molecule has 20 heavy (non-hydrogen) atoms. The zero-order chi connectivity index (χ0) is 15.6. The van der Waals surface area contributed by atoms with E-state index >= 15 is 0 Å². The molecule has 1 atom stereocenters. The Morgan fingerprint density at radius 2 is 1.85 bits per heavy atom. The molecule has 0 aliphatic carbocycles. The maximum Gasteiger partial charge on any atom is 0.245 e. The quantitative estimate of drug-likeness (QED) is 0.453. The van der Waals surface area contributed by atoms with Crippen molar-refractivity contribution in [1.82, 2.24) is 5.06 Å². The number of rotatable bonds is 10. The molecule has 0 saturated carbocycles. The van der Waals surface area contributed by atoms with Crippen LogP contribution in [-0.4, -0.2) is 37.3 Å². The van der Waals surface area contributed by atoms with E-state index in [2.05, 4.69) is 27.7 Å². The molecule has 0 fully saturated rings. The highest BCUT2D eigenvalue weighted by Crippen LogP contribution is 2.19. The second-order valence-corrected chi connectivity index (χ2v) is 6.40. The Morgan fingerprint density at radius 1 is 1.20 bits per heavy atom. The highest BCUT2D eigenvalue weighted by molar-refractivity contribution is 5.74. The number of amides is 1. The fourth-order valence-electron chi connectivity index (χ4n) is 2.06. The molecular weight excluding hydrogens is 254 g/mol. The van der Waals surface area contributed by atoms with E-state index in [1.54, 1.807) is 7.05 Å². The van der Waals surface area contributed by atoms with Gasteiger partial charge in [0.05, 0.1) is 19.3 Å². The minimum atomic E-state index is -0.0663. The lowest BCUT2D eigenvalue weighted by molar-refractivity contribution is -0.168. The first-order valence-corrected chi connectivity index (χ1v) is 7.74. The molecule has 0 aliphatic rings. The fourth-order valence-corrected chi connectivity index (χ4v) is 2.06. The van der Waals surface area contributed by atoms with Gasteiger partial charge in [0.25, 0.3) is 0 Å². The molecule has 0 rings (SSSR count). The predicted molar refractivity (Wildman–Crippen MR) is 82.4 cm³/mol. The van der Waals surface area contributed by atoms with Gasteiger partial charge in [-0.15, -0.1) is 0 Å². The maximum absolute atomic E-state index is 11.6. The van der Waals surface area contributed by atoms with Crippen LogP contribution in [0.3, 0.4) is 0 Å². The third-order valence-electron chi connectivity index (χ3n) is 3.33. The summed E-state index contributed by atoms with van der Waals surface area (Å²) < 4.78 is 5.88. The summed E-state index contributed by atoms with van der Waals surface area (Å²) in [6.07, 6.45) is 6.06. The summed E-state index contributed by atoms with van der Waals surface area (Å²) >= 11 is 0. The van der Waals surface area contributed by atoms with E-state index in [0.717, 1.165) is 25.9 Å². The molecule has 0 unspecified atom stereocenters. The molecule has 0 bridgehead atoms. The Morgan fingerprint density at radius 3 is 2.35 bits per heavy atom. The van der Waals surface area contributed by atoms with Gasteiger partial charge in [-0.25, -0.2) is 5.06 Å². The second-order valence-electron chi connectivity index (χ2n) is 6.40. The first-order chi connectivity index (χ1) is 9.30. The van der Waals surface area contributed by atoms with Crippen molar-refractivity contribution >= 4 is 5.91 Å². The number of unbranched alkanes of at least 4 members (excludes halogenated alkanes) is 1. The zero-order valence-corrected chi connectivity index (χ0v) is 14.2. The van der Waals surface area contributed by atoms with Crippen molar-refractivity contribution in [2.24, 2.45) is 5.92 Å². The van der Waals surface area contributed by atoms with Crippen molar-refractivity contribution in [2.75, 3.05) is 20.8 Å². The van der Waals surface area contributed by atoms with Crippen molar-refractivity contribution in [3.63, 3.8) is 0 Å². The summed E-state index contributed by atoms with van der Waals surface area (Å²) in [6.45, 7) is 9.31. The molecule has 4 heteroatoms.